The number of nitrogens with one attached hydrogen (secondary N) is 2. The van der Waals surface area contributed by atoms with Crippen LogP contribution in [0.3, 0.4) is 0 Å². The molecule has 1 aromatic heterocycles. The highest BCUT2D eigenvalue weighted by molar-refractivity contribution is 7.92. The molecule has 2 N–H and O–H groups in total. The lowest BCUT2D eigenvalue weighted by atomic mass is 10.2. The Morgan fingerprint density at radius 3 is 2.44 bits per heavy atom. The summed E-state index contributed by atoms with van der Waals surface area (Å²) in [4.78, 5) is 27.5. The van der Waals surface area contributed by atoms with Crippen LogP contribution in [0.1, 0.15) is 20.8 Å². The number of carbonyl (C=O) groups is 1. The molecule has 0 atom stereocenters. The molecule has 0 unspecified atom stereocenters. The Kier molecular flexibility index (Phi) is 5.58. The predicted molar refractivity (Wildman–Crippen MR) is 94.9 cm³/mol. The van der Waals surface area contributed by atoms with Gasteiger partial charge in [-0.2, -0.15) is 0 Å². The number of benzene rings is 1. The zero-order valence-corrected chi connectivity index (χ0v) is 15.0. The van der Waals surface area contributed by atoms with Crippen molar-refractivity contribution in [1.29, 1.82) is 0 Å². The van der Waals surface area contributed by atoms with Gasteiger partial charge >= 0.3 is 0 Å². The van der Waals surface area contributed by atoms with Gasteiger partial charge in [-0.05, 0) is 31.2 Å². The Hall–Kier alpha value is -2.68. The van der Waals surface area contributed by atoms with Gasteiger partial charge in [-0.15, -0.1) is 0 Å². The largest absolute Gasteiger partial charge is 0.326 e. The molecule has 0 saturated carbocycles. The highest BCUT2D eigenvalue weighted by Gasteiger charge is 2.17. The number of anilines is 2. The molecule has 25 heavy (non-hydrogen) atoms. The zero-order valence-electron chi connectivity index (χ0n) is 14.2. The normalized spacial score (nSPS) is 11.4. The second-order valence-electron chi connectivity index (χ2n) is 5.64. The van der Waals surface area contributed by atoms with Gasteiger partial charge in [0.05, 0.1) is 4.90 Å². The molecule has 134 valence electrons. The topological polar surface area (TPSA) is 110 Å². The summed E-state index contributed by atoms with van der Waals surface area (Å²) in [5.74, 6) is -0.612. The fourth-order valence-electron chi connectivity index (χ4n) is 1.96. The predicted octanol–water partition coefficient (Wildman–Crippen LogP) is 1.66. The van der Waals surface area contributed by atoms with Gasteiger partial charge in [0.15, 0.2) is 0 Å². The molecule has 0 aliphatic carbocycles. The van der Waals surface area contributed by atoms with Crippen LogP contribution in [0, 0.1) is 5.92 Å². The lowest BCUT2D eigenvalue weighted by molar-refractivity contribution is -0.118. The van der Waals surface area contributed by atoms with Crippen LogP contribution >= 0.6 is 0 Å². The summed E-state index contributed by atoms with van der Waals surface area (Å²) < 4.78 is 28.4. The first-order chi connectivity index (χ1) is 11.7. The minimum atomic E-state index is -3.96. The fraction of sp³-hybridized carbons (Fsp3) is 0.312. The molecule has 0 bridgehead atoms. The standard InChI is InChI=1S/C16H20N4O4S/c1-4-20-10-9-17-14(16(20)22)19-25(23,24)13-7-5-12(6-8-13)18-15(21)11(2)3/h5-11H,4H2,1-3H3,(H,17,19)(H,18,21). The molecular weight excluding hydrogens is 344 g/mol. The molecule has 1 heterocycles. The Morgan fingerprint density at radius 1 is 1.24 bits per heavy atom. The quantitative estimate of drug-likeness (QED) is 0.810. The number of aryl methyl sites for hydroxylation is 1. The maximum absolute atomic E-state index is 12.4. The van der Waals surface area contributed by atoms with Gasteiger partial charge in [-0.1, -0.05) is 13.8 Å². The third-order valence-electron chi connectivity index (χ3n) is 3.44. The van der Waals surface area contributed by atoms with E-state index in [1.54, 1.807) is 20.8 Å². The lowest BCUT2D eigenvalue weighted by Crippen LogP contribution is -2.26. The van der Waals surface area contributed by atoms with E-state index < -0.39 is 15.6 Å². The van der Waals surface area contributed by atoms with Crippen LogP contribution in [0.4, 0.5) is 11.5 Å². The van der Waals surface area contributed by atoms with Gasteiger partial charge < -0.3 is 9.88 Å². The number of sulfonamides is 1. The van der Waals surface area contributed by atoms with Gasteiger partial charge in [-0.3, -0.25) is 14.3 Å². The molecule has 0 radical (unpaired) electrons. The number of amides is 1. The summed E-state index contributed by atoms with van der Waals surface area (Å²) in [7, 11) is -3.96. The molecule has 0 aliphatic rings. The SMILES string of the molecule is CCn1ccnc(NS(=O)(=O)c2ccc(NC(=O)C(C)C)cc2)c1=O. The summed E-state index contributed by atoms with van der Waals surface area (Å²) in [6, 6.07) is 5.66. The van der Waals surface area contributed by atoms with E-state index >= 15 is 0 Å². The number of hydrogen-bond acceptors (Lipinski definition) is 5. The molecule has 2 rings (SSSR count). The maximum Gasteiger partial charge on any atom is 0.294 e. The number of aromatic nitrogens is 2. The molecule has 2 aromatic rings. The van der Waals surface area contributed by atoms with Crippen LogP contribution in [-0.2, 0) is 21.4 Å². The van der Waals surface area contributed by atoms with E-state index in [0.29, 0.717) is 12.2 Å². The third-order valence-corrected chi connectivity index (χ3v) is 4.80. The molecule has 0 aliphatic heterocycles. The molecular formula is C16H20N4O4S. The first-order valence-corrected chi connectivity index (χ1v) is 9.22. The Balaban J connectivity index is 2.23. The molecule has 1 amide bonds. The first kappa shape index (κ1) is 18.7. The van der Waals surface area contributed by atoms with Gasteiger partial charge in [0, 0.05) is 30.5 Å². The molecule has 0 spiro atoms. The van der Waals surface area contributed by atoms with Crippen molar-refractivity contribution < 1.29 is 13.2 Å². The van der Waals surface area contributed by atoms with Crippen LogP contribution in [0.15, 0.2) is 46.3 Å². The zero-order chi connectivity index (χ0) is 18.6. The van der Waals surface area contributed by atoms with Crippen LogP contribution < -0.4 is 15.6 Å². The summed E-state index contributed by atoms with van der Waals surface area (Å²) in [5.41, 5.74) is -0.0294. The van der Waals surface area contributed by atoms with Crippen molar-refractivity contribution in [2.45, 2.75) is 32.2 Å². The van der Waals surface area contributed by atoms with E-state index in [4.69, 9.17) is 0 Å². The number of nitrogens with zero attached hydrogens (tertiary/aromatic N) is 2. The van der Waals surface area contributed by atoms with E-state index in [-0.39, 0.29) is 22.5 Å². The fourth-order valence-corrected chi connectivity index (χ4v) is 2.96. The molecule has 9 heteroatoms. The molecule has 8 nitrogen and oxygen atoms in total. The highest BCUT2D eigenvalue weighted by Crippen LogP contribution is 2.16. The minimum absolute atomic E-state index is 0.0388. The summed E-state index contributed by atoms with van der Waals surface area (Å²) in [6.07, 6.45) is 2.83. The maximum atomic E-state index is 12.4. The van der Waals surface area contributed by atoms with Crippen LogP contribution in [0.25, 0.3) is 0 Å². The third kappa shape index (κ3) is 4.44. The van der Waals surface area contributed by atoms with Gasteiger partial charge in [0.25, 0.3) is 15.6 Å². The second-order valence-corrected chi connectivity index (χ2v) is 7.32. The van der Waals surface area contributed by atoms with Crippen molar-refractivity contribution in [3.8, 4) is 0 Å². The van der Waals surface area contributed by atoms with Gasteiger partial charge in [0.2, 0.25) is 11.7 Å². The molecule has 0 saturated heterocycles. The summed E-state index contributed by atoms with van der Waals surface area (Å²) in [5, 5.41) is 2.67. The molecule has 0 fully saturated rings. The van der Waals surface area contributed by atoms with Crippen LogP contribution in [-0.4, -0.2) is 23.9 Å². The van der Waals surface area contributed by atoms with Crippen molar-refractivity contribution in [2.24, 2.45) is 5.92 Å². The monoisotopic (exact) mass is 364 g/mol. The smallest absolute Gasteiger partial charge is 0.294 e. The van der Waals surface area contributed by atoms with Crippen LogP contribution in [0.2, 0.25) is 0 Å². The van der Waals surface area contributed by atoms with E-state index in [2.05, 4.69) is 15.0 Å². The summed E-state index contributed by atoms with van der Waals surface area (Å²) in [6.45, 7) is 5.69. The second kappa shape index (κ2) is 7.47. The van der Waals surface area contributed by atoms with Crippen molar-refractivity contribution in [1.82, 2.24) is 9.55 Å². The van der Waals surface area contributed by atoms with Crippen molar-refractivity contribution in [2.75, 3.05) is 10.0 Å². The minimum Gasteiger partial charge on any atom is -0.326 e. The van der Waals surface area contributed by atoms with Crippen LogP contribution in [0.5, 0.6) is 0 Å². The van der Waals surface area contributed by atoms with E-state index in [9.17, 15) is 18.0 Å². The van der Waals surface area contributed by atoms with E-state index in [0.717, 1.165) is 0 Å². The summed E-state index contributed by atoms with van der Waals surface area (Å²) >= 11 is 0. The average molecular weight is 364 g/mol. The first-order valence-electron chi connectivity index (χ1n) is 7.73. The van der Waals surface area contributed by atoms with E-state index in [1.165, 1.54) is 41.2 Å². The number of carbonyl (C=O) groups excluding carboxylic acids is 1. The Morgan fingerprint density at radius 2 is 1.88 bits per heavy atom. The Labute approximate surface area is 146 Å². The van der Waals surface area contributed by atoms with Crippen molar-refractivity contribution >= 4 is 27.4 Å². The highest BCUT2D eigenvalue weighted by atomic mass is 32.2. The van der Waals surface area contributed by atoms with Crippen molar-refractivity contribution in [3.05, 3.63) is 47.0 Å². The average Bonchev–Trinajstić information content (AvgIpc) is 2.57. The number of hydrogen-bond donors (Lipinski definition) is 2. The van der Waals surface area contributed by atoms with Gasteiger partial charge in [0.1, 0.15) is 0 Å². The van der Waals surface area contributed by atoms with E-state index in [1.807, 2.05) is 0 Å². The van der Waals surface area contributed by atoms with Gasteiger partial charge in [-0.25, -0.2) is 13.4 Å². The Bertz CT molecular complexity index is 918. The van der Waals surface area contributed by atoms with Crippen molar-refractivity contribution in [3.63, 3.8) is 0 Å². The lowest BCUT2D eigenvalue weighted by Gasteiger charge is -2.10. The number of rotatable bonds is 6. The molecule has 1 aromatic carbocycles.